The normalized spacial score (nSPS) is 22.9. The molecule has 4 nitrogen and oxygen atoms in total. The number of rotatable bonds is 5. The van der Waals surface area contributed by atoms with Crippen LogP contribution in [-0.2, 0) is 11.2 Å². The highest BCUT2D eigenvalue weighted by atomic mass is 16.3. The summed E-state index contributed by atoms with van der Waals surface area (Å²) in [7, 11) is 0. The molecule has 1 saturated heterocycles. The molecule has 110 valence electrons. The average Bonchev–Trinajstić information content (AvgIpc) is 2.79. The Bertz CT molecular complexity index is 462. The Kier molecular flexibility index (Phi) is 5.15. The number of benzene rings is 1. The van der Waals surface area contributed by atoms with Gasteiger partial charge in [-0.1, -0.05) is 26.0 Å². The Morgan fingerprint density at radius 2 is 2.30 bits per heavy atom. The van der Waals surface area contributed by atoms with Gasteiger partial charge in [0.2, 0.25) is 5.91 Å². The van der Waals surface area contributed by atoms with Crippen LogP contribution in [0.25, 0.3) is 0 Å². The molecule has 0 saturated carbocycles. The summed E-state index contributed by atoms with van der Waals surface area (Å²) in [4.78, 5) is 14.2. The molecule has 1 aliphatic rings. The van der Waals surface area contributed by atoms with Gasteiger partial charge in [-0.25, -0.2) is 0 Å². The summed E-state index contributed by atoms with van der Waals surface area (Å²) in [6.07, 6.45) is 2.00. The molecular formula is C16H24N2O2. The van der Waals surface area contributed by atoms with E-state index in [9.17, 15) is 9.90 Å². The van der Waals surface area contributed by atoms with E-state index in [2.05, 4.69) is 30.1 Å². The molecule has 1 aromatic rings. The fourth-order valence-electron chi connectivity index (χ4n) is 2.83. The number of amides is 1. The number of aliphatic hydroxyl groups excluding tert-OH is 1. The number of carbonyl (C=O) groups excluding carboxylic acids is 1. The monoisotopic (exact) mass is 276 g/mol. The lowest BCUT2D eigenvalue weighted by Gasteiger charge is -2.24. The second-order valence-electron chi connectivity index (χ2n) is 5.59. The summed E-state index contributed by atoms with van der Waals surface area (Å²) in [6, 6.07) is 8.05. The smallest absolute Gasteiger partial charge is 0.238 e. The van der Waals surface area contributed by atoms with Crippen molar-refractivity contribution in [1.82, 2.24) is 4.90 Å². The third-order valence-corrected chi connectivity index (χ3v) is 4.15. The van der Waals surface area contributed by atoms with Crippen molar-refractivity contribution in [1.29, 1.82) is 0 Å². The van der Waals surface area contributed by atoms with Gasteiger partial charge in [-0.2, -0.15) is 0 Å². The van der Waals surface area contributed by atoms with E-state index in [1.807, 2.05) is 18.2 Å². The van der Waals surface area contributed by atoms with Crippen LogP contribution in [0.3, 0.4) is 0 Å². The Morgan fingerprint density at radius 1 is 1.50 bits per heavy atom. The van der Waals surface area contributed by atoms with E-state index in [0.29, 0.717) is 12.5 Å². The van der Waals surface area contributed by atoms with E-state index in [-0.39, 0.29) is 18.6 Å². The highest BCUT2D eigenvalue weighted by Crippen LogP contribution is 2.23. The van der Waals surface area contributed by atoms with Crippen LogP contribution in [0, 0.1) is 5.92 Å². The van der Waals surface area contributed by atoms with Crippen LogP contribution in [0.2, 0.25) is 0 Å². The first-order valence-electron chi connectivity index (χ1n) is 7.37. The first-order valence-corrected chi connectivity index (χ1v) is 7.37. The maximum absolute atomic E-state index is 12.1. The SMILES string of the molecule is CCc1cccc(NC(=O)CN2CCC(C)C2CO)c1. The number of nitrogens with zero attached hydrogens (tertiary/aromatic N) is 1. The van der Waals surface area contributed by atoms with Gasteiger partial charge in [-0.05, 0) is 43.0 Å². The standard InChI is InChI=1S/C16H24N2O2/c1-3-13-5-4-6-14(9-13)17-16(20)10-18-8-7-12(2)15(18)11-19/h4-6,9,12,15,19H,3,7-8,10-11H2,1-2H3,(H,17,20). The number of hydrogen-bond donors (Lipinski definition) is 2. The van der Waals surface area contributed by atoms with E-state index in [4.69, 9.17) is 0 Å². The Hall–Kier alpha value is -1.39. The third-order valence-electron chi connectivity index (χ3n) is 4.15. The molecule has 1 amide bonds. The number of carbonyl (C=O) groups is 1. The molecule has 0 bridgehead atoms. The molecule has 1 fully saturated rings. The van der Waals surface area contributed by atoms with Gasteiger partial charge >= 0.3 is 0 Å². The lowest BCUT2D eigenvalue weighted by molar-refractivity contribution is -0.117. The maximum atomic E-state index is 12.1. The fraction of sp³-hybridized carbons (Fsp3) is 0.562. The number of nitrogens with one attached hydrogen (secondary N) is 1. The predicted molar refractivity (Wildman–Crippen MR) is 80.7 cm³/mol. The molecule has 0 aromatic heterocycles. The minimum absolute atomic E-state index is 0.00852. The molecule has 0 aliphatic carbocycles. The van der Waals surface area contributed by atoms with Crippen LogP contribution in [0.1, 0.15) is 25.8 Å². The van der Waals surface area contributed by atoms with Crippen molar-refractivity contribution in [2.75, 3.05) is 25.0 Å². The van der Waals surface area contributed by atoms with E-state index < -0.39 is 0 Å². The van der Waals surface area contributed by atoms with E-state index >= 15 is 0 Å². The van der Waals surface area contributed by atoms with Gasteiger partial charge in [-0.3, -0.25) is 9.69 Å². The Morgan fingerprint density at radius 3 is 3.00 bits per heavy atom. The molecular weight excluding hydrogens is 252 g/mol. The molecule has 2 rings (SSSR count). The lowest BCUT2D eigenvalue weighted by atomic mass is 10.0. The number of hydrogen-bond acceptors (Lipinski definition) is 3. The summed E-state index contributed by atoms with van der Waals surface area (Å²) in [5.74, 6) is 0.446. The van der Waals surface area contributed by atoms with Crippen molar-refractivity contribution in [3.8, 4) is 0 Å². The second kappa shape index (κ2) is 6.86. The number of anilines is 1. The van der Waals surface area contributed by atoms with E-state index in [1.165, 1.54) is 5.56 Å². The molecule has 4 heteroatoms. The minimum Gasteiger partial charge on any atom is -0.395 e. The van der Waals surface area contributed by atoms with Crippen molar-refractivity contribution < 1.29 is 9.90 Å². The predicted octanol–water partition coefficient (Wildman–Crippen LogP) is 1.89. The number of aryl methyl sites for hydroxylation is 1. The van der Waals surface area contributed by atoms with Gasteiger partial charge in [0.15, 0.2) is 0 Å². The third kappa shape index (κ3) is 3.58. The maximum Gasteiger partial charge on any atom is 0.238 e. The van der Waals surface area contributed by atoms with Crippen LogP contribution >= 0.6 is 0 Å². The topological polar surface area (TPSA) is 52.6 Å². The van der Waals surface area contributed by atoms with Crippen LogP contribution < -0.4 is 5.32 Å². The Labute approximate surface area is 120 Å². The fourth-order valence-corrected chi connectivity index (χ4v) is 2.83. The van der Waals surface area contributed by atoms with E-state index in [0.717, 1.165) is 25.1 Å². The molecule has 20 heavy (non-hydrogen) atoms. The van der Waals surface area contributed by atoms with Crippen molar-refractivity contribution in [2.24, 2.45) is 5.92 Å². The summed E-state index contributed by atoms with van der Waals surface area (Å²) in [5.41, 5.74) is 2.06. The molecule has 0 radical (unpaired) electrons. The van der Waals surface area contributed by atoms with Crippen molar-refractivity contribution in [3.63, 3.8) is 0 Å². The summed E-state index contributed by atoms with van der Waals surface area (Å²) in [5, 5.41) is 12.3. The lowest BCUT2D eigenvalue weighted by Crippen LogP contribution is -2.40. The molecule has 1 aliphatic heterocycles. The van der Waals surface area contributed by atoms with Gasteiger partial charge in [0.25, 0.3) is 0 Å². The highest BCUT2D eigenvalue weighted by Gasteiger charge is 2.31. The van der Waals surface area contributed by atoms with Crippen molar-refractivity contribution >= 4 is 11.6 Å². The molecule has 2 unspecified atom stereocenters. The zero-order chi connectivity index (χ0) is 14.5. The quantitative estimate of drug-likeness (QED) is 0.863. The average molecular weight is 276 g/mol. The number of aliphatic hydroxyl groups is 1. The zero-order valence-corrected chi connectivity index (χ0v) is 12.3. The van der Waals surface area contributed by atoms with Gasteiger partial charge in [0, 0.05) is 11.7 Å². The molecule has 0 spiro atoms. The second-order valence-corrected chi connectivity index (χ2v) is 5.59. The summed E-state index contributed by atoms with van der Waals surface area (Å²) < 4.78 is 0. The molecule has 2 atom stereocenters. The van der Waals surface area contributed by atoms with Gasteiger partial charge in [0.1, 0.15) is 0 Å². The van der Waals surface area contributed by atoms with Crippen LogP contribution in [0.5, 0.6) is 0 Å². The molecule has 1 heterocycles. The van der Waals surface area contributed by atoms with Crippen LogP contribution in [-0.4, -0.2) is 41.7 Å². The van der Waals surface area contributed by atoms with E-state index in [1.54, 1.807) is 0 Å². The van der Waals surface area contributed by atoms with Gasteiger partial charge < -0.3 is 10.4 Å². The zero-order valence-electron chi connectivity index (χ0n) is 12.3. The van der Waals surface area contributed by atoms with Crippen molar-refractivity contribution in [2.45, 2.75) is 32.7 Å². The van der Waals surface area contributed by atoms with Gasteiger partial charge in [0.05, 0.1) is 13.2 Å². The minimum atomic E-state index is -0.00852. The van der Waals surface area contributed by atoms with Crippen LogP contribution in [0.4, 0.5) is 5.69 Å². The first-order chi connectivity index (χ1) is 9.63. The number of likely N-dealkylation sites (tertiary alicyclic amines) is 1. The molecule has 2 N–H and O–H groups in total. The first kappa shape index (κ1) is 15.0. The largest absolute Gasteiger partial charge is 0.395 e. The summed E-state index contributed by atoms with van der Waals surface area (Å²) in [6.45, 7) is 5.59. The summed E-state index contributed by atoms with van der Waals surface area (Å²) >= 11 is 0. The van der Waals surface area contributed by atoms with Crippen LogP contribution in [0.15, 0.2) is 24.3 Å². The highest BCUT2D eigenvalue weighted by molar-refractivity contribution is 5.92. The Balaban J connectivity index is 1.92. The molecule has 1 aromatic carbocycles. The van der Waals surface area contributed by atoms with Crippen molar-refractivity contribution in [3.05, 3.63) is 29.8 Å². The van der Waals surface area contributed by atoms with Gasteiger partial charge in [-0.15, -0.1) is 0 Å².